The number of hydrogen-bond acceptors (Lipinski definition) is 3. The number of ether oxygens (including phenoxy) is 1. The maximum Gasteiger partial charge on any atom is 0.252 e. The fourth-order valence-corrected chi connectivity index (χ4v) is 0.880. The van der Waals surface area contributed by atoms with E-state index in [1.165, 1.54) is 10.6 Å². The van der Waals surface area contributed by atoms with Gasteiger partial charge in [0.2, 0.25) is 0 Å². The fraction of sp³-hybridized carbons (Fsp3) is 0.444. The van der Waals surface area contributed by atoms with E-state index in [-0.39, 0.29) is 18.4 Å². The van der Waals surface area contributed by atoms with Gasteiger partial charge >= 0.3 is 0 Å². The van der Waals surface area contributed by atoms with Gasteiger partial charge in [0.15, 0.2) is 0 Å². The third-order valence-corrected chi connectivity index (χ3v) is 1.55. The van der Waals surface area contributed by atoms with E-state index < -0.39 is 0 Å². The number of anilines is 1. The van der Waals surface area contributed by atoms with Crippen LogP contribution in [0.2, 0.25) is 0 Å². The van der Waals surface area contributed by atoms with Gasteiger partial charge in [-0.05, 0) is 19.9 Å². The summed E-state index contributed by atoms with van der Waals surface area (Å²) in [7, 11) is 0. The lowest BCUT2D eigenvalue weighted by Gasteiger charge is -2.09. The summed E-state index contributed by atoms with van der Waals surface area (Å²) in [5.74, 6) is 0. The van der Waals surface area contributed by atoms with Crippen molar-refractivity contribution in [2.24, 2.45) is 0 Å². The van der Waals surface area contributed by atoms with Crippen LogP contribution in [0.15, 0.2) is 23.1 Å². The Labute approximate surface area is 76.9 Å². The molecule has 0 aliphatic heterocycles. The van der Waals surface area contributed by atoms with Crippen LogP contribution < -0.4 is 11.3 Å². The third-order valence-electron chi connectivity index (χ3n) is 1.55. The number of nitrogens with two attached hydrogens (primary N) is 1. The van der Waals surface area contributed by atoms with Crippen LogP contribution in [0, 0.1) is 0 Å². The number of nitrogen functional groups attached to an aromatic ring is 1. The topological polar surface area (TPSA) is 57.2 Å². The second kappa shape index (κ2) is 4.09. The Hall–Kier alpha value is -1.29. The first-order valence-electron chi connectivity index (χ1n) is 4.17. The molecule has 4 heteroatoms. The minimum atomic E-state index is -0.102. The molecule has 0 saturated heterocycles. The van der Waals surface area contributed by atoms with Crippen molar-refractivity contribution in [1.29, 1.82) is 0 Å². The standard InChI is InChI=1S/C9H14N2O2/c1-7(2)13-6-11-5-8(10)3-4-9(11)12/h3-5,7H,6,10H2,1-2H3. The lowest BCUT2D eigenvalue weighted by atomic mass is 10.4. The lowest BCUT2D eigenvalue weighted by Crippen LogP contribution is -2.21. The monoisotopic (exact) mass is 182 g/mol. The average molecular weight is 182 g/mol. The van der Waals surface area contributed by atoms with Crippen LogP contribution in [0.25, 0.3) is 0 Å². The summed E-state index contributed by atoms with van der Waals surface area (Å²) in [5.41, 5.74) is 5.98. The van der Waals surface area contributed by atoms with Crippen molar-refractivity contribution in [1.82, 2.24) is 4.57 Å². The van der Waals surface area contributed by atoms with Crippen molar-refractivity contribution >= 4 is 5.69 Å². The lowest BCUT2D eigenvalue weighted by molar-refractivity contribution is 0.0269. The molecule has 0 spiro atoms. The molecular formula is C9H14N2O2. The molecule has 4 nitrogen and oxygen atoms in total. The molecule has 0 atom stereocenters. The van der Waals surface area contributed by atoms with Crippen LogP contribution >= 0.6 is 0 Å². The number of nitrogens with zero attached hydrogens (tertiary/aromatic N) is 1. The van der Waals surface area contributed by atoms with Crippen molar-refractivity contribution in [3.8, 4) is 0 Å². The zero-order valence-corrected chi connectivity index (χ0v) is 7.86. The average Bonchev–Trinajstić information content (AvgIpc) is 2.06. The molecule has 1 heterocycles. The molecule has 0 saturated carbocycles. The van der Waals surface area contributed by atoms with E-state index in [1.54, 1.807) is 12.3 Å². The molecule has 0 aliphatic rings. The van der Waals surface area contributed by atoms with E-state index in [0.29, 0.717) is 5.69 Å². The van der Waals surface area contributed by atoms with E-state index in [0.717, 1.165) is 0 Å². The smallest absolute Gasteiger partial charge is 0.252 e. The van der Waals surface area contributed by atoms with Crippen molar-refractivity contribution in [2.45, 2.75) is 26.7 Å². The predicted molar refractivity (Wildman–Crippen MR) is 51.3 cm³/mol. The molecule has 13 heavy (non-hydrogen) atoms. The van der Waals surface area contributed by atoms with Crippen LogP contribution in [0.4, 0.5) is 5.69 Å². The molecule has 0 aromatic carbocycles. The molecule has 0 aliphatic carbocycles. The van der Waals surface area contributed by atoms with Gasteiger partial charge in [-0.2, -0.15) is 0 Å². The third kappa shape index (κ3) is 2.91. The van der Waals surface area contributed by atoms with Gasteiger partial charge in [-0.3, -0.25) is 9.36 Å². The van der Waals surface area contributed by atoms with Crippen molar-refractivity contribution < 1.29 is 4.74 Å². The Kier molecular flexibility index (Phi) is 3.08. The molecule has 0 radical (unpaired) electrons. The Balaban J connectivity index is 2.76. The maximum absolute atomic E-state index is 11.2. The van der Waals surface area contributed by atoms with Gasteiger partial charge in [0.05, 0.1) is 6.10 Å². The summed E-state index contributed by atoms with van der Waals surface area (Å²) in [6.45, 7) is 4.08. The molecule has 0 amide bonds. The predicted octanol–water partition coefficient (Wildman–Crippen LogP) is 0.813. The number of aromatic nitrogens is 1. The van der Waals surface area contributed by atoms with Crippen LogP contribution in [0.1, 0.15) is 13.8 Å². The van der Waals surface area contributed by atoms with E-state index in [4.69, 9.17) is 10.5 Å². The molecule has 72 valence electrons. The Morgan fingerprint density at radius 2 is 2.23 bits per heavy atom. The van der Waals surface area contributed by atoms with Gasteiger partial charge in [-0.15, -0.1) is 0 Å². The van der Waals surface area contributed by atoms with Crippen LogP contribution in [-0.4, -0.2) is 10.7 Å². The number of rotatable bonds is 3. The van der Waals surface area contributed by atoms with E-state index >= 15 is 0 Å². The number of hydrogen-bond donors (Lipinski definition) is 1. The van der Waals surface area contributed by atoms with Crippen LogP contribution in [0.5, 0.6) is 0 Å². The highest BCUT2D eigenvalue weighted by molar-refractivity contribution is 5.33. The van der Waals surface area contributed by atoms with Crippen molar-refractivity contribution in [2.75, 3.05) is 5.73 Å². The van der Waals surface area contributed by atoms with E-state index in [1.807, 2.05) is 13.8 Å². The van der Waals surface area contributed by atoms with Crippen LogP contribution in [0.3, 0.4) is 0 Å². The summed E-state index contributed by atoms with van der Waals surface area (Å²) in [4.78, 5) is 11.2. The van der Waals surface area contributed by atoms with Crippen molar-refractivity contribution in [3.63, 3.8) is 0 Å². The Morgan fingerprint density at radius 1 is 1.54 bits per heavy atom. The van der Waals surface area contributed by atoms with Gasteiger partial charge < -0.3 is 10.5 Å². The van der Waals surface area contributed by atoms with Gasteiger partial charge in [-0.25, -0.2) is 0 Å². The van der Waals surface area contributed by atoms with E-state index in [9.17, 15) is 4.79 Å². The van der Waals surface area contributed by atoms with Gasteiger partial charge in [0, 0.05) is 18.0 Å². The zero-order valence-electron chi connectivity index (χ0n) is 7.86. The zero-order chi connectivity index (χ0) is 9.84. The van der Waals surface area contributed by atoms with Gasteiger partial charge in [-0.1, -0.05) is 0 Å². The first-order chi connectivity index (χ1) is 6.09. The molecule has 2 N–H and O–H groups in total. The molecular weight excluding hydrogens is 168 g/mol. The molecule has 1 aromatic rings. The minimum Gasteiger partial charge on any atom is -0.398 e. The first-order valence-corrected chi connectivity index (χ1v) is 4.17. The second-order valence-corrected chi connectivity index (χ2v) is 3.11. The highest BCUT2D eigenvalue weighted by Crippen LogP contribution is 1.97. The quantitative estimate of drug-likeness (QED) is 0.752. The second-order valence-electron chi connectivity index (χ2n) is 3.11. The Bertz CT molecular complexity index is 331. The molecule has 1 aromatic heterocycles. The molecule has 0 bridgehead atoms. The first kappa shape index (κ1) is 9.80. The summed E-state index contributed by atoms with van der Waals surface area (Å²) in [6, 6.07) is 3.01. The highest BCUT2D eigenvalue weighted by atomic mass is 16.5. The summed E-state index contributed by atoms with van der Waals surface area (Å²) >= 11 is 0. The molecule has 0 fully saturated rings. The number of pyridine rings is 1. The fourth-order valence-electron chi connectivity index (χ4n) is 0.880. The summed E-state index contributed by atoms with van der Waals surface area (Å²) in [5, 5.41) is 0. The Morgan fingerprint density at radius 3 is 2.85 bits per heavy atom. The SMILES string of the molecule is CC(C)OCn1cc(N)ccc1=O. The van der Waals surface area contributed by atoms with Gasteiger partial charge in [0.25, 0.3) is 5.56 Å². The highest BCUT2D eigenvalue weighted by Gasteiger charge is 1.97. The van der Waals surface area contributed by atoms with Gasteiger partial charge in [0.1, 0.15) is 6.73 Å². The summed E-state index contributed by atoms with van der Waals surface area (Å²) < 4.78 is 6.71. The largest absolute Gasteiger partial charge is 0.398 e. The normalized spacial score (nSPS) is 10.7. The minimum absolute atomic E-state index is 0.102. The van der Waals surface area contributed by atoms with Crippen LogP contribution in [-0.2, 0) is 11.5 Å². The summed E-state index contributed by atoms with van der Waals surface area (Å²) in [6.07, 6.45) is 1.68. The van der Waals surface area contributed by atoms with Crippen molar-refractivity contribution in [3.05, 3.63) is 28.7 Å². The van der Waals surface area contributed by atoms with E-state index in [2.05, 4.69) is 0 Å². The maximum atomic E-state index is 11.2. The molecule has 1 rings (SSSR count). The molecule has 0 unspecified atom stereocenters.